The van der Waals surface area contributed by atoms with E-state index in [0.29, 0.717) is 11.8 Å². The van der Waals surface area contributed by atoms with Crippen LogP contribution in [0.5, 0.6) is 0 Å². The molecule has 0 fully saturated rings. The summed E-state index contributed by atoms with van der Waals surface area (Å²) in [6.45, 7) is 4.14. The van der Waals surface area contributed by atoms with Crippen molar-refractivity contribution in [3.63, 3.8) is 0 Å². The van der Waals surface area contributed by atoms with E-state index in [0.717, 1.165) is 12.8 Å². The molecule has 0 saturated heterocycles. The Morgan fingerprint density at radius 1 is 1.50 bits per heavy atom. The van der Waals surface area contributed by atoms with E-state index in [2.05, 4.69) is 19.9 Å². The van der Waals surface area contributed by atoms with Crippen LogP contribution in [0.4, 0.5) is 0 Å². The standard InChI is InChI=1S/C8H14ClN/c1-7(2)8(6-10)4-3-5-9/h7-8H,3-5H2,1-2H3. The van der Waals surface area contributed by atoms with Gasteiger partial charge in [0, 0.05) is 11.8 Å². The predicted molar refractivity (Wildman–Crippen MR) is 43.9 cm³/mol. The van der Waals surface area contributed by atoms with E-state index in [9.17, 15) is 0 Å². The van der Waals surface area contributed by atoms with Gasteiger partial charge in [0.2, 0.25) is 0 Å². The molecule has 1 atom stereocenters. The molecule has 0 aromatic rings. The van der Waals surface area contributed by atoms with Crippen molar-refractivity contribution in [3.8, 4) is 6.07 Å². The quantitative estimate of drug-likeness (QED) is 0.579. The molecule has 58 valence electrons. The molecular weight excluding hydrogens is 146 g/mol. The normalized spacial score (nSPS) is 13.1. The molecule has 0 aromatic heterocycles. The van der Waals surface area contributed by atoms with Gasteiger partial charge in [-0.2, -0.15) is 5.26 Å². The molecule has 1 unspecified atom stereocenters. The van der Waals surface area contributed by atoms with E-state index in [1.165, 1.54) is 0 Å². The van der Waals surface area contributed by atoms with Gasteiger partial charge in [-0.3, -0.25) is 0 Å². The summed E-state index contributed by atoms with van der Waals surface area (Å²) >= 11 is 5.50. The van der Waals surface area contributed by atoms with E-state index in [1.807, 2.05) is 0 Å². The van der Waals surface area contributed by atoms with Crippen LogP contribution in [0.3, 0.4) is 0 Å². The topological polar surface area (TPSA) is 23.8 Å². The van der Waals surface area contributed by atoms with Crippen LogP contribution in [0.2, 0.25) is 0 Å². The van der Waals surface area contributed by atoms with Crippen molar-refractivity contribution in [1.29, 1.82) is 5.26 Å². The SMILES string of the molecule is CC(C)C(C#N)CCCCl. The third-order valence-electron chi connectivity index (χ3n) is 1.62. The minimum atomic E-state index is 0.193. The maximum Gasteiger partial charge on any atom is 0.0658 e. The van der Waals surface area contributed by atoms with Crippen molar-refractivity contribution in [2.75, 3.05) is 5.88 Å². The molecule has 0 saturated carbocycles. The fourth-order valence-corrected chi connectivity index (χ4v) is 0.998. The summed E-state index contributed by atoms with van der Waals surface area (Å²) in [6, 6.07) is 2.28. The van der Waals surface area contributed by atoms with Gasteiger partial charge in [-0.15, -0.1) is 11.6 Å². The number of nitrogens with zero attached hydrogens (tertiary/aromatic N) is 1. The second-order valence-electron chi connectivity index (χ2n) is 2.81. The van der Waals surface area contributed by atoms with Crippen LogP contribution in [0.15, 0.2) is 0 Å². The molecule has 0 aliphatic heterocycles. The van der Waals surface area contributed by atoms with Gasteiger partial charge < -0.3 is 0 Å². The van der Waals surface area contributed by atoms with Crippen molar-refractivity contribution in [2.24, 2.45) is 11.8 Å². The number of halogens is 1. The van der Waals surface area contributed by atoms with Gasteiger partial charge in [-0.25, -0.2) is 0 Å². The van der Waals surface area contributed by atoms with Gasteiger partial charge in [0.25, 0.3) is 0 Å². The van der Waals surface area contributed by atoms with E-state index >= 15 is 0 Å². The summed E-state index contributed by atoms with van der Waals surface area (Å²) in [6.07, 6.45) is 1.90. The molecule has 1 nitrogen and oxygen atoms in total. The first-order valence-corrected chi connectivity index (χ1v) is 4.21. The highest BCUT2D eigenvalue weighted by atomic mass is 35.5. The van der Waals surface area contributed by atoms with Crippen molar-refractivity contribution in [3.05, 3.63) is 0 Å². The second-order valence-corrected chi connectivity index (χ2v) is 3.19. The minimum Gasteiger partial charge on any atom is -0.198 e. The molecule has 0 aromatic carbocycles. The summed E-state index contributed by atoms with van der Waals surface area (Å²) in [5.74, 6) is 1.33. The summed E-state index contributed by atoms with van der Waals surface area (Å²) in [4.78, 5) is 0. The molecule has 0 radical (unpaired) electrons. The third-order valence-corrected chi connectivity index (χ3v) is 1.89. The molecule has 0 amide bonds. The maximum atomic E-state index is 8.63. The molecule has 2 heteroatoms. The average molecular weight is 160 g/mol. The largest absolute Gasteiger partial charge is 0.198 e. The lowest BCUT2D eigenvalue weighted by molar-refractivity contribution is 0.443. The van der Waals surface area contributed by atoms with Crippen LogP contribution in [-0.4, -0.2) is 5.88 Å². The Balaban J connectivity index is 3.53. The molecule has 0 heterocycles. The highest BCUT2D eigenvalue weighted by molar-refractivity contribution is 6.17. The van der Waals surface area contributed by atoms with Crippen LogP contribution >= 0.6 is 11.6 Å². The third kappa shape index (κ3) is 3.74. The van der Waals surface area contributed by atoms with Crippen LogP contribution < -0.4 is 0 Å². The first kappa shape index (κ1) is 9.78. The van der Waals surface area contributed by atoms with Gasteiger partial charge in [0.1, 0.15) is 0 Å². The van der Waals surface area contributed by atoms with Crippen molar-refractivity contribution >= 4 is 11.6 Å². The van der Waals surface area contributed by atoms with Crippen LogP contribution in [-0.2, 0) is 0 Å². The first-order valence-electron chi connectivity index (χ1n) is 3.68. The van der Waals surface area contributed by atoms with Gasteiger partial charge in [-0.05, 0) is 18.8 Å². The van der Waals surface area contributed by atoms with E-state index < -0.39 is 0 Å². The molecule has 10 heavy (non-hydrogen) atoms. The maximum absolute atomic E-state index is 8.63. The Morgan fingerprint density at radius 3 is 2.40 bits per heavy atom. The summed E-state index contributed by atoms with van der Waals surface area (Å²) in [5, 5.41) is 8.63. The summed E-state index contributed by atoms with van der Waals surface area (Å²) in [7, 11) is 0. The first-order chi connectivity index (χ1) is 4.72. The lowest BCUT2D eigenvalue weighted by atomic mass is 9.93. The fraction of sp³-hybridized carbons (Fsp3) is 0.875. The smallest absolute Gasteiger partial charge is 0.0658 e. The van der Waals surface area contributed by atoms with E-state index in [1.54, 1.807) is 0 Å². The average Bonchev–Trinajstić information content (AvgIpc) is 1.89. The van der Waals surface area contributed by atoms with Gasteiger partial charge in [0.15, 0.2) is 0 Å². The van der Waals surface area contributed by atoms with Gasteiger partial charge in [-0.1, -0.05) is 13.8 Å². The Labute approximate surface area is 68.0 Å². The zero-order valence-electron chi connectivity index (χ0n) is 6.60. The van der Waals surface area contributed by atoms with Gasteiger partial charge >= 0.3 is 0 Å². The predicted octanol–water partition coefficient (Wildman–Crippen LogP) is 2.80. The number of nitriles is 1. The fourth-order valence-electron chi connectivity index (χ4n) is 0.844. The molecule has 0 rings (SSSR count). The van der Waals surface area contributed by atoms with Crippen molar-refractivity contribution < 1.29 is 0 Å². The lowest BCUT2D eigenvalue weighted by Gasteiger charge is -2.10. The second kappa shape index (κ2) is 5.56. The zero-order valence-corrected chi connectivity index (χ0v) is 7.36. The number of hydrogen-bond acceptors (Lipinski definition) is 1. The number of rotatable bonds is 4. The Kier molecular flexibility index (Phi) is 5.43. The van der Waals surface area contributed by atoms with Crippen LogP contribution in [0.25, 0.3) is 0 Å². The highest BCUT2D eigenvalue weighted by Crippen LogP contribution is 2.15. The highest BCUT2D eigenvalue weighted by Gasteiger charge is 2.10. The molecular formula is C8H14ClN. The Bertz CT molecular complexity index is 115. The molecule has 0 bridgehead atoms. The summed E-state index contributed by atoms with van der Waals surface area (Å²) in [5.41, 5.74) is 0. The Morgan fingerprint density at radius 2 is 2.10 bits per heavy atom. The molecule has 0 spiro atoms. The van der Waals surface area contributed by atoms with Crippen molar-refractivity contribution in [1.82, 2.24) is 0 Å². The number of alkyl halides is 1. The van der Waals surface area contributed by atoms with Crippen LogP contribution in [0, 0.1) is 23.2 Å². The van der Waals surface area contributed by atoms with E-state index in [4.69, 9.17) is 16.9 Å². The number of hydrogen-bond donors (Lipinski definition) is 0. The molecule has 0 aliphatic carbocycles. The monoisotopic (exact) mass is 159 g/mol. The Hall–Kier alpha value is -0.220. The molecule has 0 N–H and O–H groups in total. The van der Waals surface area contributed by atoms with Gasteiger partial charge in [0.05, 0.1) is 6.07 Å². The van der Waals surface area contributed by atoms with E-state index in [-0.39, 0.29) is 5.92 Å². The van der Waals surface area contributed by atoms with Crippen LogP contribution in [0.1, 0.15) is 26.7 Å². The minimum absolute atomic E-state index is 0.193. The summed E-state index contributed by atoms with van der Waals surface area (Å²) < 4.78 is 0. The molecule has 0 aliphatic rings. The zero-order chi connectivity index (χ0) is 7.98. The lowest BCUT2D eigenvalue weighted by Crippen LogP contribution is -2.05. The van der Waals surface area contributed by atoms with Crippen molar-refractivity contribution in [2.45, 2.75) is 26.7 Å².